The summed E-state index contributed by atoms with van der Waals surface area (Å²) in [6.07, 6.45) is 0.925. The van der Waals surface area contributed by atoms with Crippen LogP contribution in [0.1, 0.15) is 0 Å². The van der Waals surface area contributed by atoms with E-state index in [2.05, 4.69) is 45.8 Å². The Hall–Kier alpha value is 0.571. The Morgan fingerprint density at radius 3 is 1.77 bits per heavy atom. The summed E-state index contributed by atoms with van der Waals surface area (Å²) in [5, 5.41) is 0. The normalized spacial score (nSPS) is 13.8. The Balaban J connectivity index is 3.94. The summed E-state index contributed by atoms with van der Waals surface area (Å²) in [5.74, 6) is 0. The summed E-state index contributed by atoms with van der Waals surface area (Å²) in [6, 6.07) is 0. The van der Waals surface area contributed by atoms with Gasteiger partial charge < -0.3 is 8.54 Å². The third kappa shape index (κ3) is 8.89. The predicted molar refractivity (Wildman–Crippen MR) is 65.3 cm³/mol. The third-order valence-electron chi connectivity index (χ3n) is 1.26. The van der Waals surface area contributed by atoms with Gasteiger partial charge in [-0.05, 0) is 32.7 Å². The van der Waals surface area contributed by atoms with Crippen molar-refractivity contribution in [2.24, 2.45) is 0 Å². The van der Waals surface area contributed by atoms with Gasteiger partial charge in [-0.2, -0.15) is 0 Å². The third-order valence-corrected chi connectivity index (χ3v) is 7.53. The van der Waals surface area contributed by atoms with Crippen molar-refractivity contribution in [3.05, 3.63) is 0 Å². The fourth-order valence-corrected chi connectivity index (χ4v) is 9.76. The Morgan fingerprint density at radius 2 is 1.46 bits per heavy atom. The molecule has 0 aliphatic rings. The van der Waals surface area contributed by atoms with Gasteiger partial charge in [0.1, 0.15) is 0 Å². The first-order valence-corrected chi connectivity index (χ1v) is 13.7. The molecular formula is C8H23O2Si3. The molecule has 0 aromatic heterocycles. The molecule has 0 fully saturated rings. The van der Waals surface area contributed by atoms with Crippen LogP contribution in [-0.2, 0) is 8.54 Å². The summed E-state index contributed by atoms with van der Waals surface area (Å²) in [6.45, 7) is 15.5. The average Bonchev–Trinajstić information content (AvgIpc) is 1.78. The van der Waals surface area contributed by atoms with Crippen LogP contribution in [0.4, 0.5) is 0 Å². The standard InChI is InChI=1S/C8H23O2Si3/c1-11(2)8-9-13(6,7)10-12(3,4)5/h8H2,1-7H3. The topological polar surface area (TPSA) is 18.5 Å². The summed E-state index contributed by atoms with van der Waals surface area (Å²) in [4.78, 5) is 0. The minimum Gasteiger partial charge on any atom is -0.436 e. The second-order valence-electron chi connectivity index (χ2n) is 5.11. The molecule has 0 unspecified atom stereocenters. The number of rotatable bonds is 5. The second kappa shape index (κ2) is 4.88. The molecule has 1 radical (unpaired) electrons. The van der Waals surface area contributed by atoms with E-state index in [0.29, 0.717) is 0 Å². The highest BCUT2D eigenvalue weighted by atomic mass is 28.4. The van der Waals surface area contributed by atoms with Gasteiger partial charge in [0, 0.05) is 6.23 Å². The minimum absolute atomic E-state index is 0.274. The summed E-state index contributed by atoms with van der Waals surface area (Å²) in [7, 11) is -3.51. The van der Waals surface area contributed by atoms with Crippen LogP contribution in [0.3, 0.4) is 0 Å². The maximum Gasteiger partial charge on any atom is 0.321 e. The lowest BCUT2D eigenvalue weighted by molar-refractivity contribution is 0.290. The molecule has 2 nitrogen and oxygen atoms in total. The highest BCUT2D eigenvalue weighted by Crippen LogP contribution is 2.15. The predicted octanol–water partition coefficient (Wildman–Crippen LogP) is 2.85. The molecule has 0 aliphatic carbocycles. The monoisotopic (exact) mass is 235 g/mol. The van der Waals surface area contributed by atoms with Gasteiger partial charge in [0.15, 0.2) is 8.32 Å². The van der Waals surface area contributed by atoms with Crippen molar-refractivity contribution >= 4 is 25.7 Å². The molecule has 0 amide bonds. The Morgan fingerprint density at radius 1 is 1.00 bits per heavy atom. The van der Waals surface area contributed by atoms with Gasteiger partial charge in [-0.25, -0.2) is 0 Å². The van der Waals surface area contributed by atoms with E-state index in [4.69, 9.17) is 8.54 Å². The van der Waals surface area contributed by atoms with E-state index in [1.807, 2.05) is 0 Å². The first kappa shape index (κ1) is 13.6. The van der Waals surface area contributed by atoms with E-state index in [-0.39, 0.29) is 8.80 Å². The first-order valence-electron chi connectivity index (χ1n) is 4.75. The maximum absolute atomic E-state index is 6.05. The Bertz CT molecular complexity index is 152. The van der Waals surface area contributed by atoms with E-state index in [1.165, 1.54) is 0 Å². The van der Waals surface area contributed by atoms with Gasteiger partial charge in [0.2, 0.25) is 0 Å². The van der Waals surface area contributed by atoms with Crippen LogP contribution in [0.15, 0.2) is 0 Å². The lowest BCUT2D eigenvalue weighted by Crippen LogP contribution is -2.46. The van der Waals surface area contributed by atoms with E-state index in [9.17, 15) is 0 Å². The van der Waals surface area contributed by atoms with Crippen LogP contribution >= 0.6 is 0 Å². The zero-order valence-corrected chi connectivity index (χ0v) is 13.0. The largest absolute Gasteiger partial charge is 0.436 e. The lowest BCUT2D eigenvalue weighted by Gasteiger charge is -2.31. The molecule has 0 aromatic carbocycles. The molecule has 0 atom stereocenters. The van der Waals surface area contributed by atoms with Gasteiger partial charge in [0.25, 0.3) is 0 Å². The molecule has 13 heavy (non-hydrogen) atoms. The van der Waals surface area contributed by atoms with Crippen molar-refractivity contribution in [1.82, 2.24) is 0 Å². The molecule has 0 spiro atoms. The van der Waals surface area contributed by atoms with E-state index in [1.54, 1.807) is 0 Å². The van der Waals surface area contributed by atoms with Crippen molar-refractivity contribution < 1.29 is 8.54 Å². The highest BCUT2D eigenvalue weighted by molar-refractivity contribution is 6.81. The molecule has 0 aromatic rings. The number of hydrogen-bond acceptors (Lipinski definition) is 2. The minimum atomic E-state index is -1.81. The van der Waals surface area contributed by atoms with Crippen LogP contribution in [0, 0.1) is 0 Å². The van der Waals surface area contributed by atoms with Crippen molar-refractivity contribution in [3.63, 3.8) is 0 Å². The fraction of sp³-hybridized carbons (Fsp3) is 1.00. The van der Waals surface area contributed by atoms with Gasteiger partial charge in [0.05, 0.1) is 8.80 Å². The quantitative estimate of drug-likeness (QED) is 0.682. The first-order chi connectivity index (χ1) is 5.62. The molecule has 0 heterocycles. The molecule has 5 heteroatoms. The van der Waals surface area contributed by atoms with Crippen LogP contribution in [0.25, 0.3) is 0 Å². The smallest absolute Gasteiger partial charge is 0.321 e. The molecule has 0 N–H and O–H groups in total. The van der Waals surface area contributed by atoms with E-state index >= 15 is 0 Å². The Labute approximate surface area is 86.6 Å². The van der Waals surface area contributed by atoms with Gasteiger partial charge in [-0.1, -0.05) is 13.1 Å². The fourth-order valence-electron chi connectivity index (χ4n) is 1.08. The maximum atomic E-state index is 6.05. The molecule has 0 aliphatic heterocycles. The molecule has 0 saturated heterocycles. The van der Waals surface area contributed by atoms with Crippen molar-refractivity contribution in [1.29, 1.82) is 0 Å². The highest BCUT2D eigenvalue weighted by Gasteiger charge is 2.31. The SMILES string of the molecule is C[Si](C)CO[Si](C)(C)O[Si](C)(C)C. The van der Waals surface area contributed by atoms with Crippen molar-refractivity contribution in [2.45, 2.75) is 45.8 Å². The zero-order valence-electron chi connectivity index (χ0n) is 10.0. The van der Waals surface area contributed by atoms with Crippen LogP contribution in [0.5, 0.6) is 0 Å². The second-order valence-corrected chi connectivity index (χ2v) is 15.9. The van der Waals surface area contributed by atoms with Gasteiger partial charge >= 0.3 is 8.56 Å². The summed E-state index contributed by atoms with van der Waals surface area (Å²) < 4.78 is 11.9. The molecular weight excluding hydrogens is 212 g/mol. The zero-order chi connectivity index (χ0) is 10.7. The van der Waals surface area contributed by atoms with Crippen molar-refractivity contribution in [2.75, 3.05) is 6.23 Å². The van der Waals surface area contributed by atoms with E-state index in [0.717, 1.165) is 6.23 Å². The molecule has 79 valence electrons. The van der Waals surface area contributed by atoms with E-state index < -0.39 is 16.9 Å². The van der Waals surface area contributed by atoms with Gasteiger partial charge in [-0.15, -0.1) is 0 Å². The molecule has 0 bridgehead atoms. The van der Waals surface area contributed by atoms with Crippen LogP contribution in [0.2, 0.25) is 45.8 Å². The molecule has 0 rings (SSSR count). The molecule has 0 saturated carbocycles. The van der Waals surface area contributed by atoms with Gasteiger partial charge in [-0.3, -0.25) is 0 Å². The lowest BCUT2D eigenvalue weighted by atomic mass is 11.7. The summed E-state index contributed by atoms with van der Waals surface area (Å²) in [5.41, 5.74) is 0. The number of hydrogen-bond donors (Lipinski definition) is 0. The van der Waals surface area contributed by atoms with Crippen LogP contribution < -0.4 is 0 Å². The Kier molecular flexibility index (Phi) is 5.09. The average molecular weight is 236 g/mol. The van der Waals surface area contributed by atoms with Crippen molar-refractivity contribution in [3.8, 4) is 0 Å². The summed E-state index contributed by atoms with van der Waals surface area (Å²) >= 11 is 0. The van der Waals surface area contributed by atoms with Crippen LogP contribution in [-0.4, -0.2) is 31.9 Å².